The summed E-state index contributed by atoms with van der Waals surface area (Å²) in [6.07, 6.45) is 1.02. The van der Waals surface area contributed by atoms with Crippen molar-refractivity contribution in [3.8, 4) is 5.75 Å². The van der Waals surface area contributed by atoms with E-state index in [0.29, 0.717) is 21.4 Å². The van der Waals surface area contributed by atoms with Crippen LogP contribution in [0.4, 0.5) is 4.39 Å². The Kier molecular flexibility index (Phi) is 10.1. The van der Waals surface area contributed by atoms with Crippen LogP contribution in [0.1, 0.15) is 31.4 Å². The highest BCUT2D eigenvalue weighted by Gasteiger charge is 2.32. The molecule has 8 heteroatoms. The fraction of sp³-hybridized carbons (Fsp3) is 0.286. The van der Waals surface area contributed by atoms with Crippen LogP contribution in [0.15, 0.2) is 72.8 Å². The Balaban J connectivity index is 1.95. The average molecular weight is 531 g/mol. The standard InChI is InChI=1S/C28H29Cl2FN2O3/c1-3-19(2)32-28(35)26(16-20-8-5-4-6-9-20)33(17-23-24(29)10-7-11-25(23)30)27(34)18-36-22-14-12-21(31)13-15-22/h4-15,19,26H,3,16-18H2,1-2H3,(H,32,35)/t19-,26-/m0/s1. The Morgan fingerprint density at radius 1 is 0.972 bits per heavy atom. The van der Waals surface area contributed by atoms with Gasteiger partial charge in [-0.15, -0.1) is 0 Å². The molecule has 2 atom stereocenters. The zero-order valence-corrected chi connectivity index (χ0v) is 21.7. The SMILES string of the molecule is CC[C@H](C)NC(=O)[C@H](Cc1ccccc1)N(Cc1c(Cl)cccc1Cl)C(=O)COc1ccc(F)cc1. The van der Waals surface area contributed by atoms with Gasteiger partial charge >= 0.3 is 0 Å². The van der Waals surface area contributed by atoms with Crippen LogP contribution < -0.4 is 10.1 Å². The summed E-state index contributed by atoms with van der Waals surface area (Å²) < 4.78 is 18.9. The van der Waals surface area contributed by atoms with E-state index in [-0.39, 0.29) is 31.5 Å². The molecule has 0 aliphatic carbocycles. The maximum atomic E-state index is 13.6. The molecule has 36 heavy (non-hydrogen) atoms. The van der Waals surface area contributed by atoms with Gasteiger partial charge in [0.1, 0.15) is 17.6 Å². The molecule has 3 rings (SSSR count). The molecule has 0 bridgehead atoms. The number of rotatable bonds is 11. The monoisotopic (exact) mass is 530 g/mol. The maximum absolute atomic E-state index is 13.6. The Morgan fingerprint density at radius 3 is 2.22 bits per heavy atom. The fourth-order valence-electron chi connectivity index (χ4n) is 3.61. The van der Waals surface area contributed by atoms with E-state index in [1.807, 2.05) is 44.2 Å². The number of carbonyl (C=O) groups excluding carboxylic acids is 2. The minimum atomic E-state index is -0.849. The Labute approximate surface area is 221 Å². The molecule has 0 aromatic heterocycles. The van der Waals surface area contributed by atoms with Gasteiger partial charge in [-0.1, -0.05) is 66.5 Å². The third-order valence-corrected chi connectivity index (χ3v) is 6.55. The second-order valence-electron chi connectivity index (χ2n) is 8.49. The van der Waals surface area contributed by atoms with E-state index < -0.39 is 17.8 Å². The molecule has 0 heterocycles. The third-order valence-electron chi connectivity index (χ3n) is 5.84. The van der Waals surface area contributed by atoms with Crippen LogP contribution in [0.2, 0.25) is 10.0 Å². The summed E-state index contributed by atoms with van der Waals surface area (Å²) in [5.41, 5.74) is 1.43. The van der Waals surface area contributed by atoms with Crippen molar-refractivity contribution in [1.82, 2.24) is 10.2 Å². The maximum Gasteiger partial charge on any atom is 0.261 e. The lowest BCUT2D eigenvalue weighted by Gasteiger charge is -2.32. The van der Waals surface area contributed by atoms with Gasteiger partial charge in [-0.05, 0) is 55.3 Å². The van der Waals surface area contributed by atoms with Crippen LogP contribution in [0.5, 0.6) is 5.75 Å². The quantitative estimate of drug-likeness (QED) is 0.327. The van der Waals surface area contributed by atoms with Crippen molar-refractivity contribution in [2.75, 3.05) is 6.61 Å². The topological polar surface area (TPSA) is 58.6 Å². The second-order valence-corrected chi connectivity index (χ2v) is 9.30. The van der Waals surface area contributed by atoms with E-state index in [4.69, 9.17) is 27.9 Å². The highest BCUT2D eigenvalue weighted by atomic mass is 35.5. The van der Waals surface area contributed by atoms with Crippen molar-refractivity contribution >= 4 is 35.0 Å². The molecule has 0 saturated heterocycles. The first-order valence-electron chi connectivity index (χ1n) is 11.7. The highest BCUT2D eigenvalue weighted by molar-refractivity contribution is 6.36. The molecule has 0 saturated carbocycles. The second kappa shape index (κ2) is 13.3. The van der Waals surface area contributed by atoms with Crippen LogP contribution in [-0.2, 0) is 22.6 Å². The molecule has 0 unspecified atom stereocenters. The molecular formula is C28H29Cl2FN2O3. The van der Waals surface area contributed by atoms with E-state index >= 15 is 0 Å². The lowest BCUT2D eigenvalue weighted by Crippen LogP contribution is -2.53. The number of ether oxygens (including phenoxy) is 1. The van der Waals surface area contributed by atoms with Crippen LogP contribution in [-0.4, -0.2) is 35.4 Å². The van der Waals surface area contributed by atoms with Crippen LogP contribution >= 0.6 is 23.2 Å². The molecule has 3 aromatic carbocycles. The lowest BCUT2D eigenvalue weighted by molar-refractivity contribution is -0.143. The predicted octanol–water partition coefficient (Wildman–Crippen LogP) is 6.07. The molecule has 5 nitrogen and oxygen atoms in total. The van der Waals surface area contributed by atoms with Crippen molar-refractivity contribution in [2.24, 2.45) is 0 Å². The molecule has 3 aromatic rings. The van der Waals surface area contributed by atoms with E-state index in [9.17, 15) is 14.0 Å². The van der Waals surface area contributed by atoms with Crippen molar-refractivity contribution in [3.05, 3.63) is 99.8 Å². The van der Waals surface area contributed by atoms with Gasteiger partial charge in [0.25, 0.3) is 5.91 Å². The minimum absolute atomic E-state index is 0.00947. The number of benzene rings is 3. The van der Waals surface area contributed by atoms with Gasteiger partial charge in [0.2, 0.25) is 5.91 Å². The van der Waals surface area contributed by atoms with Gasteiger partial charge < -0.3 is 15.0 Å². The molecule has 0 aliphatic rings. The van der Waals surface area contributed by atoms with Crippen LogP contribution in [0.25, 0.3) is 0 Å². The molecule has 0 aliphatic heterocycles. The number of amides is 2. The summed E-state index contributed by atoms with van der Waals surface area (Å²) in [6.45, 7) is 3.54. The Morgan fingerprint density at radius 2 is 1.61 bits per heavy atom. The zero-order valence-electron chi connectivity index (χ0n) is 20.2. The predicted molar refractivity (Wildman–Crippen MR) is 141 cm³/mol. The minimum Gasteiger partial charge on any atom is -0.484 e. The smallest absolute Gasteiger partial charge is 0.261 e. The third kappa shape index (κ3) is 7.70. The van der Waals surface area contributed by atoms with Crippen molar-refractivity contribution in [3.63, 3.8) is 0 Å². The molecule has 190 valence electrons. The van der Waals surface area contributed by atoms with E-state index in [1.54, 1.807) is 18.2 Å². The van der Waals surface area contributed by atoms with Crippen LogP contribution in [0.3, 0.4) is 0 Å². The summed E-state index contributed by atoms with van der Waals surface area (Å²) in [5, 5.41) is 3.78. The summed E-state index contributed by atoms with van der Waals surface area (Å²) >= 11 is 12.9. The van der Waals surface area contributed by atoms with Crippen molar-refractivity contribution in [1.29, 1.82) is 0 Å². The zero-order chi connectivity index (χ0) is 26.1. The van der Waals surface area contributed by atoms with Gasteiger partial charge in [-0.3, -0.25) is 9.59 Å². The molecule has 2 amide bonds. The Bertz CT molecular complexity index is 1140. The first kappa shape index (κ1) is 27.5. The normalized spacial score (nSPS) is 12.5. The molecular weight excluding hydrogens is 502 g/mol. The summed E-state index contributed by atoms with van der Waals surface area (Å²) in [4.78, 5) is 28.5. The number of hydrogen-bond donors (Lipinski definition) is 1. The number of nitrogens with one attached hydrogen (secondary N) is 1. The van der Waals surface area contributed by atoms with E-state index in [2.05, 4.69) is 5.32 Å². The number of nitrogens with zero attached hydrogens (tertiary/aromatic N) is 1. The number of carbonyl (C=O) groups is 2. The Hall–Kier alpha value is -3.09. The summed E-state index contributed by atoms with van der Waals surface area (Å²) in [5.74, 6) is -0.792. The summed E-state index contributed by atoms with van der Waals surface area (Å²) in [6, 6.07) is 19.0. The van der Waals surface area contributed by atoms with Gasteiger partial charge in [0.15, 0.2) is 6.61 Å². The van der Waals surface area contributed by atoms with Gasteiger partial charge in [0, 0.05) is 34.6 Å². The van der Waals surface area contributed by atoms with E-state index in [0.717, 1.165) is 12.0 Å². The molecule has 0 spiro atoms. The average Bonchev–Trinajstić information content (AvgIpc) is 2.87. The molecule has 0 fully saturated rings. The number of halogens is 3. The summed E-state index contributed by atoms with van der Waals surface area (Å²) in [7, 11) is 0. The first-order valence-corrected chi connectivity index (χ1v) is 12.5. The van der Waals surface area contributed by atoms with Gasteiger partial charge in [0.05, 0.1) is 0 Å². The van der Waals surface area contributed by atoms with Crippen molar-refractivity contribution in [2.45, 2.75) is 45.3 Å². The number of hydrogen-bond acceptors (Lipinski definition) is 3. The molecule has 1 N–H and O–H groups in total. The lowest BCUT2D eigenvalue weighted by atomic mass is 10.0. The van der Waals surface area contributed by atoms with Crippen molar-refractivity contribution < 1.29 is 18.7 Å². The highest BCUT2D eigenvalue weighted by Crippen LogP contribution is 2.27. The molecule has 0 radical (unpaired) electrons. The first-order chi connectivity index (χ1) is 17.3. The largest absolute Gasteiger partial charge is 0.484 e. The van der Waals surface area contributed by atoms with Gasteiger partial charge in [-0.25, -0.2) is 4.39 Å². The van der Waals surface area contributed by atoms with Crippen LogP contribution in [0, 0.1) is 5.82 Å². The fourth-order valence-corrected chi connectivity index (χ4v) is 4.12. The van der Waals surface area contributed by atoms with E-state index in [1.165, 1.54) is 29.2 Å². The van der Waals surface area contributed by atoms with Gasteiger partial charge in [-0.2, -0.15) is 0 Å².